The lowest BCUT2D eigenvalue weighted by Gasteiger charge is -2.14. The number of rotatable bonds is 9. The molecule has 28 heavy (non-hydrogen) atoms. The Hall–Kier alpha value is -3.79. The number of amides is 2. The molecule has 0 radical (unpaired) electrons. The van der Waals surface area contributed by atoms with E-state index in [1.807, 2.05) is 36.4 Å². The maximum atomic E-state index is 12.2. The van der Waals surface area contributed by atoms with Gasteiger partial charge in [0.15, 0.2) is 18.1 Å². The number of hydrogen-bond acceptors (Lipinski definition) is 5. The Kier molecular flexibility index (Phi) is 7.61. The van der Waals surface area contributed by atoms with E-state index in [-0.39, 0.29) is 6.61 Å². The molecular formula is C21H21N3O4. The van der Waals surface area contributed by atoms with Crippen LogP contribution in [0.1, 0.15) is 11.1 Å². The Morgan fingerprint density at radius 2 is 1.96 bits per heavy atom. The van der Waals surface area contributed by atoms with Crippen LogP contribution in [0.25, 0.3) is 6.08 Å². The molecule has 0 saturated heterocycles. The van der Waals surface area contributed by atoms with Crippen molar-refractivity contribution in [3.8, 4) is 17.6 Å². The van der Waals surface area contributed by atoms with E-state index in [0.29, 0.717) is 23.5 Å². The number of nitrogens with two attached hydrogens (primary N) is 1. The predicted octanol–water partition coefficient (Wildman–Crippen LogP) is 1.82. The zero-order chi connectivity index (χ0) is 20.4. The van der Waals surface area contributed by atoms with Gasteiger partial charge in [0.05, 0.1) is 7.11 Å². The Labute approximate surface area is 163 Å². The summed E-state index contributed by atoms with van der Waals surface area (Å²) in [5.74, 6) is -0.172. The van der Waals surface area contributed by atoms with Crippen LogP contribution in [0.3, 0.4) is 0 Å². The lowest BCUT2D eigenvalue weighted by atomic mass is 10.1. The second kappa shape index (κ2) is 10.4. The van der Waals surface area contributed by atoms with Crippen molar-refractivity contribution in [3.63, 3.8) is 0 Å². The summed E-state index contributed by atoms with van der Waals surface area (Å²) in [5, 5.41) is 11.2. The zero-order valence-electron chi connectivity index (χ0n) is 15.4. The number of hydrogen-bond donors (Lipinski definition) is 2. The molecule has 1 unspecified atom stereocenters. The first kappa shape index (κ1) is 20.5. The minimum absolute atomic E-state index is 0.0934. The Morgan fingerprint density at radius 1 is 1.21 bits per heavy atom. The van der Waals surface area contributed by atoms with Gasteiger partial charge in [0, 0.05) is 12.5 Å². The number of carbonyl (C=O) groups is 2. The zero-order valence-corrected chi connectivity index (χ0v) is 15.4. The third-order valence-electron chi connectivity index (χ3n) is 3.85. The van der Waals surface area contributed by atoms with Gasteiger partial charge in [0.1, 0.15) is 12.1 Å². The molecule has 144 valence electrons. The van der Waals surface area contributed by atoms with Crippen LogP contribution in [0.2, 0.25) is 0 Å². The van der Waals surface area contributed by atoms with Gasteiger partial charge < -0.3 is 20.5 Å². The second-order valence-corrected chi connectivity index (χ2v) is 5.84. The van der Waals surface area contributed by atoms with Crippen molar-refractivity contribution in [2.75, 3.05) is 13.7 Å². The van der Waals surface area contributed by atoms with Crippen LogP contribution in [-0.2, 0) is 16.0 Å². The van der Waals surface area contributed by atoms with Crippen LogP contribution in [-0.4, -0.2) is 31.6 Å². The van der Waals surface area contributed by atoms with Crippen molar-refractivity contribution in [2.24, 2.45) is 5.73 Å². The molecule has 0 spiro atoms. The molecule has 0 aromatic heterocycles. The van der Waals surface area contributed by atoms with E-state index in [1.165, 1.54) is 13.2 Å². The minimum Gasteiger partial charge on any atom is -0.493 e. The highest BCUT2D eigenvalue weighted by Crippen LogP contribution is 2.28. The van der Waals surface area contributed by atoms with Crippen molar-refractivity contribution < 1.29 is 19.1 Å². The average Bonchev–Trinajstić information content (AvgIpc) is 2.71. The highest BCUT2D eigenvalue weighted by molar-refractivity contribution is 5.95. The first-order chi connectivity index (χ1) is 13.5. The van der Waals surface area contributed by atoms with Gasteiger partial charge in [0.2, 0.25) is 11.8 Å². The first-order valence-corrected chi connectivity index (χ1v) is 8.53. The van der Waals surface area contributed by atoms with Crippen molar-refractivity contribution >= 4 is 17.9 Å². The number of primary amides is 1. The first-order valence-electron chi connectivity index (χ1n) is 8.53. The van der Waals surface area contributed by atoms with Gasteiger partial charge in [0.25, 0.3) is 0 Å². The second-order valence-electron chi connectivity index (χ2n) is 5.84. The largest absolute Gasteiger partial charge is 0.493 e. The number of methoxy groups -OCH3 is 1. The van der Waals surface area contributed by atoms with Gasteiger partial charge in [-0.15, -0.1) is 0 Å². The molecule has 7 nitrogen and oxygen atoms in total. The highest BCUT2D eigenvalue weighted by Gasteiger charge is 2.17. The van der Waals surface area contributed by atoms with E-state index in [1.54, 1.807) is 24.3 Å². The SMILES string of the molecule is COc1cc(/C=C/C(=O)NC(Cc2ccccc2)C(N)=O)ccc1OCC#N. The molecule has 0 aliphatic heterocycles. The summed E-state index contributed by atoms with van der Waals surface area (Å²) in [6, 6.07) is 15.4. The van der Waals surface area contributed by atoms with E-state index < -0.39 is 17.9 Å². The summed E-state index contributed by atoms with van der Waals surface area (Å²) in [4.78, 5) is 23.8. The van der Waals surface area contributed by atoms with E-state index in [9.17, 15) is 9.59 Å². The number of nitrogens with zero attached hydrogens (tertiary/aromatic N) is 1. The molecule has 7 heteroatoms. The molecular weight excluding hydrogens is 358 g/mol. The summed E-state index contributed by atoms with van der Waals surface area (Å²) in [6.45, 7) is -0.0934. The van der Waals surface area contributed by atoms with Crippen LogP contribution >= 0.6 is 0 Å². The monoisotopic (exact) mass is 379 g/mol. The summed E-state index contributed by atoms with van der Waals surface area (Å²) >= 11 is 0. The van der Waals surface area contributed by atoms with E-state index >= 15 is 0 Å². The molecule has 1 atom stereocenters. The molecule has 2 aromatic carbocycles. The molecule has 0 fully saturated rings. The van der Waals surface area contributed by atoms with Crippen LogP contribution < -0.4 is 20.5 Å². The molecule has 2 amide bonds. The minimum atomic E-state index is -0.809. The topological polar surface area (TPSA) is 114 Å². The highest BCUT2D eigenvalue weighted by atomic mass is 16.5. The summed E-state index contributed by atoms with van der Waals surface area (Å²) in [5.41, 5.74) is 6.99. The van der Waals surface area contributed by atoms with E-state index in [4.69, 9.17) is 20.5 Å². The number of benzene rings is 2. The molecule has 0 bridgehead atoms. The van der Waals surface area contributed by atoms with Gasteiger partial charge in [-0.3, -0.25) is 9.59 Å². The lowest BCUT2D eigenvalue weighted by Crippen LogP contribution is -2.45. The molecule has 2 aromatic rings. The Bertz CT molecular complexity index is 888. The maximum absolute atomic E-state index is 12.2. The smallest absolute Gasteiger partial charge is 0.244 e. The van der Waals surface area contributed by atoms with Crippen LogP contribution in [0.5, 0.6) is 11.5 Å². The summed E-state index contributed by atoms with van der Waals surface area (Å²) in [7, 11) is 1.48. The third-order valence-corrected chi connectivity index (χ3v) is 3.85. The molecule has 0 heterocycles. The van der Waals surface area contributed by atoms with Crippen molar-refractivity contribution in [1.82, 2.24) is 5.32 Å². The Balaban J connectivity index is 2.03. The average molecular weight is 379 g/mol. The fourth-order valence-corrected chi connectivity index (χ4v) is 2.48. The van der Waals surface area contributed by atoms with Gasteiger partial charge in [-0.1, -0.05) is 36.4 Å². The van der Waals surface area contributed by atoms with Gasteiger partial charge in [-0.05, 0) is 29.3 Å². The van der Waals surface area contributed by atoms with Gasteiger partial charge in [-0.25, -0.2) is 0 Å². The Morgan fingerprint density at radius 3 is 2.61 bits per heavy atom. The van der Waals surface area contributed by atoms with Gasteiger partial charge in [-0.2, -0.15) is 5.26 Å². The molecule has 2 rings (SSSR count). The van der Waals surface area contributed by atoms with Crippen molar-refractivity contribution in [1.29, 1.82) is 5.26 Å². The van der Waals surface area contributed by atoms with Crippen LogP contribution in [0.15, 0.2) is 54.6 Å². The number of nitrogens with one attached hydrogen (secondary N) is 1. The standard InChI is InChI=1S/C21H21N3O4/c1-27-19-14-16(7-9-18(19)28-12-11-22)8-10-20(25)24-17(21(23)26)13-15-5-3-2-4-6-15/h2-10,14,17H,12-13H2,1H3,(H2,23,26)(H,24,25)/b10-8+. The van der Waals surface area contributed by atoms with Crippen molar-refractivity contribution in [3.05, 3.63) is 65.7 Å². The summed E-state index contributed by atoms with van der Waals surface area (Å²) in [6.07, 6.45) is 3.20. The molecule has 0 aliphatic rings. The third kappa shape index (κ3) is 6.18. The molecule has 0 aliphatic carbocycles. The van der Waals surface area contributed by atoms with E-state index in [2.05, 4.69) is 5.32 Å². The van der Waals surface area contributed by atoms with Crippen LogP contribution in [0, 0.1) is 11.3 Å². The predicted molar refractivity (Wildman–Crippen MR) is 104 cm³/mol. The quantitative estimate of drug-likeness (QED) is 0.645. The normalized spacial score (nSPS) is 11.4. The fraction of sp³-hybridized carbons (Fsp3) is 0.190. The number of ether oxygens (including phenoxy) is 2. The van der Waals surface area contributed by atoms with E-state index in [0.717, 1.165) is 5.56 Å². The maximum Gasteiger partial charge on any atom is 0.244 e. The molecule has 3 N–H and O–H groups in total. The fourth-order valence-electron chi connectivity index (χ4n) is 2.48. The van der Waals surface area contributed by atoms with Crippen molar-refractivity contribution in [2.45, 2.75) is 12.5 Å². The summed E-state index contributed by atoms with van der Waals surface area (Å²) < 4.78 is 10.5. The van der Waals surface area contributed by atoms with Crippen LogP contribution in [0.4, 0.5) is 0 Å². The molecule has 0 saturated carbocycles. The number of nitriles is 1. The van der Waals surface area contributed by atoms with Gasteiger partial charge >= 0.3 is 0 Å². The lowest BCUT2D eigenvalue weighted by molar-refractivity contribution is -0.124. The number of carbonyl (C=O) groups excluding carboxylic acids is 2.